The zero-order chi connectivity index (χ0) is 12.4. The fourth-order valence-electron chi connectivity index (χ4n) is 2.09. The zero-order valence-corrected chi connectivity index (χ0v) is 12.7. The van der Waals surface area contributed by atoms with Crippen LogP contribution in [-0.2, 0) is 0 Å². The summed E-state index contributed by atoms with van der Waals surface area (Å²) < 4.78 is 1.18. The molecule has 0 amide bonds. The molecule has 1 unspecified atom stereocenters. The Morgan fingerprint density at radius 2 is 2.00 bits per heavy atom. The van der Waals surface area contributed by atoms with Crippen LogP contribution in [0, 0.1) is 13.8 Å². The van der Waals surface area contributed by atoms with Gasteiger partial charge in [0.05, 0.1) is 6.04 Å². The summed E-state index contributed by atoms with van der Waals surface area (Å²) in [6, 6.07) is 9.01. The maximum absolute atomic E-state index is 3.61. The third kappa shape index (κ3) is 2.62. The summed E-state index contributed by atoms with van der Waals surface area (Å²) in [6.45, 7) is 4.31. The molecule has 0 aliphatic carbocycles. The lowest BCUT2D eigenvalue weighted by Gasteiger charge is -2.18. The van der Waals surface area contributed by atoms with Crippen LogP contribution in [0.1, 0.15) is 27.6 Å². The quantitative estimate of drug-likeness (QED) is 0.884. The number of rotatable bonds is 3. The van der Waals surface area contributed by atoms with Crippen molar-refractivity contribution in [1.29, 1.82) is 0 Å². The molecule has 0 aliphatic rings. The van der Waals surface area contributed by atoms with E-state index in [4.69, 9.17) is 0 Å². The van der Waals surface area contributed by atoms with Gasteiger partial charge in [-0.1, -0.05) is 23.8 Å². The average molecular weight is 310 g/mol. The molecule has 2 aromatic rings. The highest BCUT2D eigenvalue weighted by molar-refractivity contribution is 9.10. The molecule has 90 valence electrons. The monoisotopic (exact) mass is 309 g/mol. The van der Waals surface area contributed by atoms with E-state index in [1.165, 1.54) is 26.0 Å². The summed E-state index contributed by atoms with van der Waals surface area (Å²) in [4.78, 5) is 1.33. The third-order valence-corrected chi connectivity index (χ3v) is 4.87. The third-order valence-electron chi connectivity index (χ3n) is 2.93. The topological polar surface area (TPSA) is 12.0 Å². The SMILES string of the molecule is CNC(c1ccc(C)cc1C)c1sccc1Br. The lowest BCUT2D eigenvalue weighted by Crippen LogP contribution is -2.18. The first-order valence-corrected chi connectivity index (χ1v) is 7.28. The Kier molecular flexibility index (Phi) is 4.02. The molecular weight excluding hydrogens is 294 g/mol. The van der Waals surface area contributed by atoms with Crippen molar-refractivity contribution in [2.45, 2.75) is 19.9 Å². The van der Waals surface area contributed by atoms with Crippen LogP contribution in [-0.4, -0.2) is 7.05 Å². The number of hydrogen-bond acceptors (Lipinski definition) is 2. The maximum atomic E-state index is 3.61. The maximum Gasteiger partial charge on any atom is 0.0682 e. The Morgan fingerprint density at radius 3 is 2.53 bits per heavy atom. The molecule has 2 rings (SSSR count). The standard InChI is InChI=1S/C14H16BrNS/c1-9-4-5-11(10(2)8-9)13(16-3)14-12(15)6-7-17-14/h4-8,13,16H,1-3H3. The van der Waals surface area contributed by atoms with E-state index in [1.54, 1.807) is 11.3 Å². The van der Waals surface area contributed by atoms with Crippen molar-refractivity contribution in [3.05, 3.63) is 55.7 Å². The van der Waals surface area contributed by atoms with Crippen molar-refractivity contribution in [1.82, 2.24) is 5.32 Å². The summed E-state index contributed by atoms with van der Waals surface area (Å²) in [7, 11) is 2.01. The van der Waals surface area contributed by atoms with E-state index in [-0.39, 0.29) is 6.04 Å². The second-order valence-corrected chi connectivity index (χ2v) is 6.02. The Balaban J connectivity index is 2.46. The molecule has 1 N–H and O–H groups in total. The van der Waals surface area contributed by atoms with Crippen molar-refractivity contribution < 1.29 is 0 Å². The fourth-order valence-corrected chi connectivity index (χ4v) is 3.82. The average Bonchev–Trinajstić information content (AvgIpc) is 2.69. The summed E-state index contributed by atoms with van der Waals surface area (Å²) >= 11 is 5.40. The van der Waals surface area contributed by atoms with E-state index in [0.29, 0.717) is 0 Å². The van der Waals surface area contributed by atoms with E-state index in [0.717, 1.165) is 0 Å². The van der Waals surface area contributed by atoms with Crippen LogP contribution in [0.3, 0.4) is 0 Å². The van der Waals surface area contributed by atoms with Crippen molar-refractivity contribution in [2.75, 3.05) is 7.05 Å². The fraction of sp³-hybridized carbons (Fsp3) is 0.286. The molecule has 0 radical (unpaired) electrons. The van der Waals surface area contributed by atoms with E-state index in [2.05, 4.69) is 64.7 Å². The van der Waals surface area contributed by atoms with Crippen molar-refractivity contribution in [2.24, 2.45) is 0 Å². The van der Waals surface area contributed by atoms with Crippen LogP contribution in [0.5, 0.6) is 0 Å². The summed E-state index contributed by atoms with van der Waals surface area (Å²) in [6.07, 6.45) is 0. The number of halogens is 1. The molecule has 3 heteroatoms. The van der Waals surface area contributed by atoms with Crippen molar-refractivity contribution in [3.8, 4) is 0 Å². The van der Waals surface area contributed by atoms with Crippen LogP contribution in [0.2, 0.25) is 0 Å². The second kappa shape index (κ2) is 5.34. The van der Waals surface area contributed by atoms with E-state index in [1.807, 2.05) is 7.05 Å². The van der Waals surface area contributed by atoms with E-state index >= 15 is 0 Å². The minimum atomic E-state index is 0.268. The zero-order valence-electron chi connectivity index (χ0n) is 10.3. The van der Waals surface area contributed by atoms with Gasteiger partial charge in [-0.2, -0.15) is 0 Å². The van der Waals surface area contributed by atoms with Crippen molar-refractivity contribution >= 4 is 27.3 Å². The molecule has 1 atom stereocenters. The summed E-state index contributed by atoms with van der Waals surface area (Å²) in [5, 5.41) is 5.52. The normalized spacial score (nSPS) is 12.7. The van der Waals surface area contributed by atoms with Gasteiger partial charge in [-0.15, -0.1) is 11.3 Å². The Bertz CT molecular complexity index is 519. The highest BCUT2D eigenvalue weighted by Crippen LogP contribution is 2.34. The van der Waals surface area contributed by atoms with Crippen LogP contribution >= 0.6 is 27.3 Å². The van der Waals surface area contributed by atoms with Crippen LogP contribution in [0.25, 0.3) is 0 Å². The molecule has 0 spiro atoms. The number of nitrogens with one attached hydrogen (secondary N) is 1. The first-order chi connectivity index (χ1) is 8.13. The molecule has 0 aliphatic heterocycles. The Hall–Kier alpha value is -0.640. The Morgan fingerprint density at radius 1 is 1.24 bits per heavy atom. The lowest BCUT2D eigenvalue weighted by molar-refractivity contribution is 0.697. The number of thiophene rings is 1. The largest absolute Gasteiger partial charge is 0.309 e. The van der Waals surface area contributed by atoms with E-state index in [9.17, 15) is 0 Å². The molecule has 1 aromatic heterocycles. The van der Waals surface area contributed by atoms with Gasteiger partial charge in [0.25, 0.3) is 0 Å². The van der Waals surface area contributed by atoms with Gasteiger partial charge in [0, 0.05) is 9.35 Å². The van der Waals surface area contributed by atoms with Crippen LogP contribution < -0.4 is 5.32 Å². The lowest BCUT2D eigenvalue weighted by atomic mass is 9.98. The Labute approximate surface area is 115 Å². The van der Waals surface area contributed by atoms with Gasteiger partial charge in [-0.25, -0.2) is 0 Å². The minimum Gasteiger partial charge on any atom is -0.309 e. The molecule has 1 aromatic carbocycles. The van der Waals surface area contributed by atoms with Crippen LogP contribution in [0.15, 0.2) is 34.1 Å². The molecule has 0 fully saturated rings. The molecular formula is C14H16BrNS. The van der Waals surface area contributed by atoms with E-state index < -0.39 is 0 Å². The predicted octanol–water partition coefficient (Wildman–Crippen LogP) is 4.44. The highest BCUT2D eigenvalue weighted by atomic mass is 79.9. The first kappa shape index (κ1) is 12.8. The number of hydrogen-bond donors (Lipinski definition) is 1. The van der Waals surface area contributed by atoms with Crippen LogP contribution in [0.4, 0.5) is 0 Å². The van der Waals surface area contributed by atoms with Gasteiger partial charge in [-0.3, -0.25) is 0 Å². The van der Waals surface area contributed by atoms with Gasteiger partial charge in [0.2, 0.25) is 0 Å². The van der Waals surface area contributed by atoms with Gasteiger partial charge in [-0.05, 0) is 59.4 Å². The van der Waals surface area contributed by atoms with Gasteiger partial charge in [0.1, 0.15) is 0 Å². The molecule has 0 saturated heterocycles. The molecule has 1 heterocycles. The molecule has 0 bridgehead atoms. The first-order valence-electron chi connectivity index (χ1n) is 5.60. The van der Waals surface area contributed by atoms with Gasteiger partial charge in [0.15, 0.2) is 0 Å². The number of benzene rings is 1. The number of aryl methyl sites for hydroxylation is 2. The minimum absolute atomic E-state index is 0.268. The summed E-state index contributed by atoms with van der Waals surface area (Å²) in [5.41, 5.74) is 4.00. The molecule has 1 nitrogen and oxygen atoms in total. The van der Waals surface area contributed by atoms with Crippen molar-refractivity contribution in [3.63, 3.8) is 0 Å². The molecule has 0 saturated carbocycles. The summed E-state index contributed by atoms with van der Waals surface area (Å²) in [5.74, 6) is 0. The van der Waals surface area contributed by atoms with Gasteiger partial charge < -0.3 is 5.32 Å². The molecule has 17 heavy (non-hydrogen) atoms. The highest BCUT2D eigenvalue weighted by Gasteiger charge is 2.17. The predicted molar refractivity (Wildman–Crippen MR) is 78.8 cm³/mol. The smallest absolute Gasteiger partial charge is 0.0682 e. The van der Waals surface area contributed by atoms with Gasteiger partial charge >= 0.3 is 0 Å². The second-order valence-electron chi connectivity index (χ2n) is 4.21.